The zero-order chi connectivity index (χ0) is 14.5. The Labute approximate surface area is 121 Å². The van der Waals surface area contributed by atoms with E-state index in [0.29, 0.717) is 11.5 Å². The van der Waals surface area contributed by atoms with Crippen LogP contribution in [0.25, 0.3) is 0 Å². The third kappa shape index (κ3) is 4.19. The van der Waals surface area contributed by atoms with Gasteiger partial charge in [0.1, 0.15) is 0 Å². The van der Waals surface area contributed by atoms with Gasteiger partial charge in [-0.2, -0.15) is 0 Å². The molecule has 2 nitrogen and oxygen atoms in total. The van der Waals surface area contributed by atoms with Crippen molar-refractivity contribution in [3.8, 4) is 0 Å². The molecule has 0 saturated heterocycles. The van der Waals surface area contributed by atoms with Crippen LogP contribution in [0.2, 0.25) is 0 Å². The monoisotopic (exact) mass is 268 g/mol. The van der Waals surface area contributed by atoms with Crippen molar-refractivity contribution < 1.29 is 0 Å². The fourth-order valence-corrected chi connectivity index (χ4v) is 3.97. The predicted molar refractivity (Wildman–Crippen MR) is 85.4 cm³/mol. The van der Waals surface area contributed by atoms with Crippen molar-refractivity contribution >= 4 is 0 Å². The van der Waals surface area contributed by atoms with E-state index in [2.05, 4.69) is 39.5 Å². The number of hydrogen-bond donors (Lipinski definition) is 1. The standard InChI is InChI=1S/C17H36N2/c1-6-8-12-19(15(3)7-2)17(14-18)11-9-10-16(4,5)13-17/h15H,6-14,18H2,1-5H3. The van der Waals surface area contributed by atoms with Gasteiger partial charge in [0.2, 0.25) is 0 Å². The Morgan fingerprint density at radius 1 is 1.21 bits per heavy atom. The molecule has 114 valence electrons. The van der Waals surface area contributed by atoms with Gasteiger partial charge in [-0.05, 0) is 51.0 Å². The van der Waals surface area contributed by atoms with E-state index in [1.807, 2.05) is 0 Å². The minimum atomic E-state index is 0.256. The minimum Gasteiger partial charge on any atom is -0.329 e. The quantitative estimate of drug-likeness (QED) is 0.750. The lowest BCUT2D eigenvalue weighted by molar-refractivity contribution is -0.0161. The molecule has 0 aliphatic heterocycles. The Morgan fingerprint density at radius 2 is 1.89 bits per heavy atom. The summed E-state index contributed by atoms with van der Waals surface area (Å²) in [5.74, 6) is 0. The number of nitrogens with zero attached hydrogens (tertiary/aromatic N) is 1. The molecule has 0 radical (unpaired) electrons. The molecule has 0 aromatic rings. The molecule has 0 heterocycles. The molecule has 2 unspecified atom stereocenters. The average molecular weight is 268 g/mol. The molecule has 2 atom stereocenters. The van der Waals surface area contributed by atoms with Gasteiger partial charge in [-0.1, -0.05) is 40.5 Å². The molecule has 2 N–H and O–H groups in total. The summed E-state index contributed by atoms with van der Waals surface area (Å²) >= 11 is 0. The molecular weight excluding hydrogens is 232 g/mol. The second kappa shape index (κ2) is 7.08. The second-order valence-corrected chi connectivity index (χ2v) is 7.43. The third-order valence-corrected chi connectivity index (χ3v) is 5.17. The minimum absolute atomic E-state index is 0.256. The Hall–Kier alpha value is -0.0800. The molecule has 0 aromatic heterocycles. The lowest BCUT2D eigenvalue weighted by Gasteiger charge is -2.53. The van der Waals surface area contributed by atoms with E-state index >= 15 is 0 Å². The second-order valence-electron chi connectivity index (χ2n) is 7.43. The van der Waals surface area contributed by atoms with E-state index in [0.717, 1.165) is 6.54 Å². The molecular formula is C17H36N2. The maximum absolute atomic E-state index is 6.28. The van der Waals surface area contributed by atoms with Crippen molar-refractivity contribution in [1.82, 2.24) is 4.90 Å². The van der Waals surface area contributed by atoms with E-state index in [4.69, 9.17) is 5.73 Å². The summed E-state index contributed by atoms with van der Waals surface area (Å²) in [5.41, 5.74) is 6.99. The Bertz CT molecular complexity index is 262. The fourth-order valence-electron chi connectivity index (χ4n) is 3.97. The van der Waals surface area contributed by atoms with Crippen LogP contribution in [0.4, 0.5) is 0 Å². The summed E-state index contributed by atoms with van der Waals surface area (Å²) < 4.78 is 0. The van der Waals surface area contributed by atoms with E-state index in [9.17, 15) is 0 Å². The van der Waals surface area contributed by atoms with Gasteiger partial charge in [-0.3, -0.25) is 4.90 Å². The van der Waals surface area contributed by atoms with Crippen molar-refractivity contribution in [2.45, 2.75) is 91.1 Å². The number of unbranched alkanes of at least 4 members (excludes halogenated alkanes) is 1. The summed E-state index contributed by atoms with van der Waals surface area (Å²) in [7, 11) is 0. The lowest BCUT2D eigenvalue weighted by Crippen LogP contribution is -2.60. The molecule has 0 amide bonds. The van der Waals surface area contributed by atoms with Crippen LogP contribution in [-0.2, 0) is 0 Å². The van der Waals surface area contributed by atoms with Crippen molar-refractivity contribution in [3.63, 3.8) is 0 Å². The topological polar surface area (TPSA) is 29.3 Å². The molecule has 2 heteroatoms. The molecule has 19 heavy (non-hydrogen) atoms. The van der Waals surface area contributed by atoms with Crippen molar-refractivity contribution in [2.24, 2.45) is 11.1 Å². The van der Waals surface area contributed by atoms with Crippen LogP contribution in [0.15, 0.2) is 0 Å². The van der Waals surface area contributed by atoms with Gasteiger partial charge in [0.05, 0.1) is 0 Å². The van der Waals surface area contributed by atoms with Gasteiger partial charge in [-0.15, -0.1) is 0 Å². The van der Waals surface area contributed by atoms with Crippen LogP contribution in [0.3, 0.4) is 0 Å². The average Bonchev–Trinajstić information content (AvgIpc) is 2.37. The van der Waals surface area contributed by atoms with Crippen molar-refractivity contribution in [2.75, 3.05) is 13.1 Å². The van der Waals surface area contributed by atoms with Gasteiger partial charge < -0.3 is 5.73 Å². The highest BCUT2D eigenvalue weighted by atomic mass is 15.2. The van der Waals surface area contributed by atoms with E-state index in [1.165, 1.54) is 51.5 Å². The van der Waals surface area contributed by atoms with Gasteiger partial charge >= 0.3 is 0 Å². The van der Waals surface area contributed by atoms with E-state index in [1.54, 1.807) is 0 Å². The number of rotatable bonds is 7. The summed E-state index contributed by atoms with van der Waals surface area (Å²) in [5, 5.41) is 0. The third-order valence-electron chi connectivity index (χ3n) is 5.17. The van der Waals surface area contributed by atoms with Crippen LogP contribution in [0, 0.1) is 5.41 Å². The highest BCUT2D eigenvalue weighted by Gasteiger charge is 2.44. The summed E-state index contributed by atoms with van der Waals surface area (Å²) in [6.45, 7) is 13.9. The molecule has 1 aliphatic rings. The Kier molecular flexibility index (Phi) is 6.32. The fraction of sp³-hybridized carbons (Fsp3) is 1.00. The first-order valence-electron chi connectivity index (χ1n) is 8.37. The summed E-state index contributed by atoms with van der Waals surface area (Å²) in [6.07, 6.45) is 9.06. The highest BCUT2D eigenvalue weighted by molar-refractivity contribution is 5.00. The molecule has 0 aromatic carbocycles. The molecule has 1 saturated carbocycles. The number of nitrogens with two attached hydrogens (primary N) is 1. The van der Waals surface area contributed by atoms with Crippen LogP contribution in [0.5, 0.6) is 0 Å². The molecule has 0 spiro atoms. The molecule has 1 aliphatic carbocycles. The Morgan fingerprint density at radius 3 is 2.37 bits per heavy atom. The normalized spacial score (nSPS) is 28.6. The number of hydrogen-bond acceptors (Lipinski definition) is 2. The highest BCUT2D eigenvalue weighted by Crippen LogP contribution is 2.44. The van der Waals surface area contributed by atoms with Gasteiger partial charge in [0.25, 0.3) is 0 Å². The van der Waals surface area contributed by atoms with E-state index in [-0.39, 0.29) is 5.54 Å². The van der Waals surface area contributed by atoms with Crippen LogP contribution >= 0.6 is 0 Å². The van der Waals surface area contributed by atoms with Gasteiger partial charge in [0.15, 0.2) is 0 Å². The van der Waals surface area contributed by atoms with Crippen LogP contribution in [-0.4, -0.2) is 29.6 Å². The SMILES string of the molecule is CCCCN(C(C)CC)C1(CN)CCCC(C)(C)C1. The smallest absolute Gasteiger partial charge is 0.0339 e. The lowest BCUT2D eigenvalue weighted by atomic mass is 9.67. The van der Waals surface area contributed by atoms with Crippen LogP contribution < -0.4 is 5.73 Å². The van der Waals surface area contributed by atoms with E-state index < -0.39 is 0 Å². The zero-order valence-corrected chi connectivity index (χ0v) is 14.0. The van der Waals surface area contributed by atoms with Gasteiger partial charge in [0, 0.05) is 18.1 Å². The predicted octanol–water partition coefficient (Wildman–Crippen LogP) is 4.18. The largest absolute Gasteiger partial charge is 0.329 e. The first-order chi connectivity index (χ1) is 8.90. The molecule has 1 fully saturated rings. The summed E-state index contributed by atoms with van der Waals surface area (Å²) in [4.78, 5) is 2.76. The summed E-state index contributed by atoms with van der Waals surface area (Å²) in [6, 6.07) is 0.656. The maximum atomic E-state index is 6.28. The molecule has 0 bridgehead atoms. The first kappa shape index (κ1) is 17.0. The Balaban J connectivity index is 2.92. The van der Waals surface area contributed by atoms with Crippen LogP contribution in [0.1, 0.15) is 79.6 Å². The van der Waals surface area contributed by atoms with Crippen molar-refractivity contribution in [3.05, 3.63) is 0 Å². The first-order valence-corrected chi connectivity index (χ1v) is 8.37. The zero-order valence-electron chi connectivity index (χ0n) is 14.0. The maximum Gasteiger partial charge on any atom is 0.0339 e. The van der Waals surface area contributed by atoms with Crippen molar-refractivity contribution in [1.29, 1.82) is 0 Å². The van der Waals surface area contributed by atoms with Gasteiger partial charge in [-0.25, -0.2) is 0 Å². The molecule has 1 rings (SSSR count).